The summed E-state index contributed by atoms with van der Waals surface area (Å²) in [4.78, 5) is 27.0. The molecule has 0 amide bonds. The summed E-state index contributed by atoms with van der Waals surface area (Å²) in [7, 11) is 0. The summed E-state index contributed by atoms with van der Waals surface area (Å²) in [5.41, 5.74) is 5.29. The number of aliphatic carboxylic acids is 1. The molecule has 0 fully saturated rings. The first kappa shape index (κ1) is 15.1. The van der Waals surface area contributed by atoms with E-state index in [0.29, 0.717) is 5.56 Å². The van der Waals surface area contributed by atoms with Gasteiger partial charge in [-0.3, -0.25) is 14.6 Å². The molecule has 0 aliphatic rings. The summed E-state index contributed by atoms with van der Waals surface area (Å²) in [6.07, 6.45) is 2.94. The van der Waals surface area contributed by atoms with E-state index in [0.717, 1.165) is 0 Å². The number of carbonyl (C=O) groups is 2. The number of ether oxygens (including phenoxy) is 1. The van der Waals surface area contributed by atoms with Crippen molar-refractivity contribution in [3.63, 3.8) is 0 Å². The second-order valence-electron chi connectivity index (χ2n) is 5.16. The number of aromatic nitrogens is 1. The lowest BCUT2D eigenvalue weighted by atomic mass is 9.93. The molecule has 19 heavy (non-hydrogen) atoms. The van der Waals surface area contributed by atoms with Gasteiger partial charge in [-0.05, 0) is 32.4 Å². The Morgan fingerprint density at radius 2 is 2.05 bits per heavy atom. The summed E-state index contributed by atoms with van der Waals surface area (Å²) in [6.45, 7) is 5.12. The molecule has 0 aliphatic carbocycles. The largest absolute Gasteiger partial charge is 0.480 e. The normalized spacial score (nSPS) is 14.5. The molecule has 0 aromatic carbocycles. The lowest BCUT2D eigenvalue weighted by molar-refractivity contribution is -0.160. The fraction of sp³-hybridized carbons (Fsp3) is 0.462. The van der Waals surface area contributed by atoms with Crippen LogP contribution < -0.4 is 5.73 Å². The first-order chi connectivity index (χ1) is 8.72. The molecule has 0 saturated carbocycles. The maximum absolute atomic E-state index is 12.1. The average Bonchev–Trinajstić information content (AvgIpc) is 2.28. The van der Waals surface area contributed by atoms with Crippen molar-refractivity contribution in [3.05, 3.63) is 30.1 Å². The molecule has 0 saturated heterocycles. The molecule has 2 atom stereocenters. The molecule has 0 bridgehead atoms. The highest BCUT2D eigenvalue weighted by atomic mass is 16.6. The quantitative estimate of drug-likeness (QED) is 0.785. The van der Waals surface area contributed by atoms with Crippen LogP contribution in [0.25, 0.3) is 0 Å². The SMILES string of the molecule is CC(C)(C)OC(=O)[C@@H](c1cccnc1)[C@@H](N)C(=O)O. The molecular weight excluding hydrogens is 248 g/mol. The van der Waals surface area contributed by atoms with Crippen LogP contribution in [0.5, 0.6) is 0 Å². The number of esters is 1. The van der Waals surface area contributed by atoms with Gasteiger partial charge in [0.05, 0.1) is 0 Å². The Hall–Kier alpha value is -1.95. The highest BCUT2D eigenvalue weighted by Gasteiger charge is 2.35. The Balaban J connectivity index is 3.07. The number of hydrogen-bond donors (Lipinski definition) is 2. The van der Waals surface area contributed by atoms with Crippen molar-refractivity contribution in [1.82, 2.24) is 4.98 Å². The van der Waals surface area contributed by atoms with Crippen molar-refractivity contribution < 1.29 is 19.4 Å². The van der Waals surface area contributed by atoms with Crippen molar-refractivity contribution in [1.29, 1.82) is 0 Å². The van der Waals surface area contributed by atoms with Gasteiger partial charge >= 0.3 is 11.9 Å². The first-order valence-electron chi connectivity index (χ1n) is 5.83. The van der Waals surface area contributed by atoms with Gasteiger partial charge < -0.3 is 15.6 Å². The van der Waals surface area contributed by atoms with Crippen molar-refractivity contribution in [2.75, 3.05) is 0 Å². The third kappa shape index (κ3) is 4.33. The molecule has 1 aromatic rings. The van der Waals surface area contributed by atoms with Crippen LogP contribution in [0.2, 0.25) is 0 Å². The predicted octanol–water partition coefficient (Wildman–Crippen LogP) is 0.919. The Labute approximate surface area is 111 Å². The van der Waals surface area contributed by atoms with Crippen LogP contribution in [0.3, 0.4) is 0 Å². The minimum atomic E-state index is -1.38. The second kappa shape index (κ2) is 5.79. The molecule has 1 aromatic heterocycles. The van der Waals surface area contributed by atoms with Gasteiger partial charge in [0.1, 0.15) is 17.6 Å². The van der Waals surface area contributed by atoms with Crippen molar-refractivity contribution in [2.45, 2.75) is 38.3 Å². The van der Waals surface area contributed by atoms with Gasteiger partial charge in [-0.25, -0.2) is 0 Å². The number of carboxylic acids is 1. The van der Waals surface area contributed by atoms with Crippen molar-refractivity contribution >= 4 is 11.9 Å². The standard InChI is InChI=1S/C13H18N2O4/c1-13(2,3)19-12(18)9(10(14)11(16)17)8-5-4-6-15-7-8/h4-7,9-10H,14H2,1-3H3,(H,16,17)/t9-,10+/m0/s1. The zero-order chi connectivity index (χ0) is 14.6. The van der Waals surface area contributed by atoms with Gasteiger partial charge in [0, 0.05) is 12.4 Å². The number of hydrogen-bond acceptors (Lipinski definition) is 5. The number of nitrogens with zero attached hydrogens (tertiary/aromatic N) is 1. The van der Waals surface area contributed by atoms with Crippen LogP contribution in [0.1, 0.15) is 32.3 Å². The van der Waals surface area contributed by atoms with E-state index in [-0.39, 0.29) is 0 Å². The predicted molar refractivity (Wildman–Crippen MR) is 68.4 cm³/mol. The molecule has 0 spiro atoms. The third-order valence-corrected chi connectivity index (χ3v) is 2.35. The van der Waals surface area contributed by atoms with E-state index < -0.39 is 29.5 Å². The van der Waals surface area contributed by atoms with Gasteiger partial charge in [-0.15, -0.1) is 0 Å². The number of carboxylic acid groups (broad SMARTS) is 1. The van der Waals surface area contributed by atoms with Crippen LogP contribution in [-0.4, -0.2) is 33.7 Å². The molecule has 0 aliphatic heterocycles. The second-order valence-corrected chi connectivity index (χ2v) is 5.16. The minimum Gasteiger partial charge on any atom is -0.480 e. The van der Waals surface area contributed by atoms with Gasteiger partial charge in [0.15, 0.2) is 0 Å². The van der Waals surface area contributed by atoms with E-state index in [1.165, 1.54) is 12.4 Å². The van der Waals surface area contributed by atoms with Crippen LogP contribution in [0.15, 0.2) is 24.5 Å². The first-order valence-corrected chi connectivity index (χ1v) is 5.83. The van der Waals surface area contributed by atoms with Gasteiger partial charge in [-0.2, -0.15) is 0 Å². The summed E-state index contributed by atoms with van der Waals surface area (Å²) in [5, 5.41) is 9.01. The smallest absolute Gasteiger partial charge is 0.321 e. The topological polar surface area (TPSA) is 103 Å². The zero-order valence-electron chi connectivity index (χ0n) is 11.2. The molecule has 104 valence electrons. The summed E-state index contributed by atoms with van der Waals surface area (Å²) < 4.78 is 5.22. The average molecular weight is 266 g/mol. The summed E-state index contributed by atoms with van der Waals surface area (Å²) in [6, 6.07) is 1.84. The number of pyridine rings is 1. The van der Waals surface area contributed by atoms with Crippen LogP contribution >= 0.6 is 0 Å². The zero-order valence-corrected chi connectivity index (χ0v) is 11.2. The fourth-order valence-corrected chi connectivity index (χ4v) is 1.56. The molecule has 1 heterocycles. The van der Waals surface area contributed by atoms with E-state index in [9.17, 15) is 9.59 Å². The molecule has 0 radical (unpaired) electrons. The Kier molecular flexibility index (Phi) is 4.61. The van der Waals surface area contributed by atoms with E-state index in [4.69, 9.17) is 15.6 Å². The number of carbonyl (C=O) groups excluding carboxylic acids is 1. The van der Waals surface area contributed by atoms with Crippen LogP contribution in [0, 0.1) is 0 Å². The highest BCUT2D eigenvalue weighted by molar-refractivity contribution is 5.87. The lowest BCUT2D eigenvalue weighted by Crippen LogP contribution is -2.42. The molecule has 3 N–H and O–H groups in total. The summed E-state index contributed by atoms with van der Waals surface area (Å²) >= 11 is 0. The van der Waals surface area contributed by atoms with Gasteiger partial charge in [0.2, 0.25) is 0 Å². The van der Waals surface area contributed by atoms with Crippen molar-refractivity contribution in [2.24, 2.45) is 5.73 Å². The summed E-state index contributed by atoms with van der Waals surface area (Å²) in [5.74, 6) is -3.01. The molecular formula is C13H18N2O4. The maximum Gasteiger partial charge on any atom is 0.321 e. The van der Waals surface area contributed by atoms with Crippen molar-refractivity contribution in [3.8, 4) is 0 Å². The Morgan fingerprint density at radius 3 is 2.47 bits per heavy atom. The molecule has 6 nitrogen and oxygen atoms in total. The Morgan fingerprint density at radius 1 is 1.42 bits per heavy atom. The lowest BCUT2D eigenvalue weighted by Gasteiger charge is -2.25. The van der Waals surface area contributed by atoms with Gasteiger partial charge in [-0.1, -0.05) is 6.07 Å². The van der Waals surface area contributed by atoms with Crippen LogP contribution in [-0.2, 0) is 14.3 Å². The maximum atomic E-state index is 12.1. The number of rotatable bonds is 4. The third-order valence-electron chi connectivity index (χ3n) is 2.35. The number of nitrogens with two attached hydrogens (primary N) is 1. The van der Waals surface area contributed by atoms with Gasteiger partial charge in [0.25, 0.3) is 0 Å². The van der Waals surface area contributed by atoms with E-state index in [2.05, 4.69) is 4.98 Å². The molecule has 1 rings (SSSR count). The minimum absolute atomic E-state index is 0.423. The van der Waals surface area contributed by atoms with E-state index >= 15 is 0 Å². The molecule has 0 unspecified atom stereocenters. The van der Waals surface area contributed by atoms with E-state index in [1.807, 2.05) is 0 Å². The Bertz CT molecular complexity index is 453. The van der Waals surface area contributed by atoms with Crippen LogP contribution in [0.4, 0.5) is 0 Å². The highest BCUT2D eigenvalue weighted by Crippen LogP contribution is 2.23. The van der Waals surface area contributed by atoms with E-state index in [1.54, 1.807) is 32.9 Å². The molecule has 6 heteroatoms. The fourth-order valence-electron chi connectivity index (χ4n) is 1.56. The monoisotopic (exact) mass is 266 g/mol.